The first kappa shape index (κ1) is 16.0. The van der Waals surface area contributed by atoms with Gasteiger partial charge in [-0.2, -0.15) is 0 Å². The van der Waals surface area contributed by atoms with Gasteiger partial charge in [-0.1, -0.05) is 0 Å². The number of halogens is 1. The predicted molar refractivity (Wildman–Crippen MR) is 85.4 cm³/mol. The van der Waals surface area contributed by atoms with E-state index >= 15 is 0 Å². The molecule has 0 bridgehead atoms. The number of H-pyrrole nitrogens is 1. The topological polar surface area (TPSA) is 115 Å². The summed E-state index contributed by atoms with van der Waals surface area (Å²) in [5, 5.41) is 39.5. The Morgan fingerprint density at radius 2 is 1.95 bits per heavy atom. The second kappa shape index (κ2) is 6.30. The van der Waals surface area contributed by atoms with Gasteiger partial charge in [0.2, 0.25) is 6.29 Å². The minimum atomic E-state index is -1.46. The summed E-state index contributed by atoms with van der Waals surface area (Å²) in [4.78, 5) is 3.04. The first-order valence-corrected chi connectivity index (χ1v) is 7.83. The van der Waals surface area contributed by atoms with Crippen molar-refractivity contribution < 1.29 is 29.9 Å². The Bertz CT molecular complexity index is 660. The van der Waals surface area contributed by atoms with Gasteiger partial charge < -0.3 is 34.9 Å². The van der Waals surface area contributed by atoms with Crippen LogP contribution in [0.4, 0.5) is 0 Å². The van der Waals surface area contributed by atoms with E-state index in [9.17, 15) is 20.4 Å². The molecule has 5 atom stereocenters. The van der Waals surface area contributed by atoms with Gasteiger partial charge in [-0.15, -0.1) is 0 Å². The number of ether oxygens (including phenoxy) is 2. The Morgan fingerprint density at radius 3 is 2.68 bits per heavy atom. The monoisotopic (exact) mass is 421 g/mol. The average Bonchev–Trinajstić information content (AvgIpc) is 2.90. The lowest BCUT2D eigenvalue weighted by molar-refractivity contribution is -0.277. The summed E-state index contributed by atoms with van der Waals surface area (Å²) in [7, 11) is 0. The van der Waals surface area contributed by atoms with Crippen molar-refractivity contribution in [3.05, 3.63) is 28.0 Å². The lowest BCUT2D eigenvalue weighted by Gasteiger charge is -2.39. The molecule has 22 heavy (non-hydrogen) atoms. The van der Waals surface area contributed by atoms with Gasteiger partial charge in [-0.25, -0.2) is 0 Å². The van der Waals surface area contributed by atoms with Gasteiger partial charge in [0.05, 0.1) is 6.61 Å². The number of aliphatic hydroxyl groups is 4. The molecule has 2 heterocycles. The molecule has 120 valence electrons. The number of nitrogens with one attached hydrogen (secondary N) is 1. The zero-order valence-electron chi connectivity index (χ0n) is 11.4. The number of aliphatic hydroxyl groups excluding tert-OH is 4. The number of rotatable bonds is 3. The Hall–Kier alpha value is -0.910. The van der Waals surface area contributed by atoms with Crippen LogP contribution in [0.15, 0.2) is 24.4 Å². The minimum absolute atomic E-state index is 0.456. The van der Waals surface area contributed by atoms with E-state index in [0.29, 0.717) is 5.75 Å². The molecule has 3 unspecified atom stereocenters. The third kappa shape index (κ3) is 2.82. The molecule has 5 N–H and O–H groups in total. The fourth-order valence-electron chi connectivity index (χ4n) is 2.45. The Morgan fingerprint density at radius 1 is 1.18 bits per heavy atom. The van der Waals surface area contributed by atoms with Gasteiger partial charge >= 0.3 is 0 Å². The Balaban J connectivity index is 1.85. The lowest BCUT2D eigenvalue weighted by Crippen LogP contribution is -2.60. The van der Waals surface area contributed by atoms with Crippen LogP contribution >= 0.6 is 22.6 Å². The van der Waals surface area contributed by atoms with Crippen molar-refractivity contribution in [3.8, 4) is 5.75 Å². The van der Waals surface area contributed by atoms with E-state index < -0.39 is 37.3 Å². The molecule has 8 heteroatoms. The molecule has 1 aliphatic rings. The summed E-state index contributed by atoms with van der Waals surface area (Å²) >= 11 is 2.18. The minimum Gasteiger partial charge on any atom is -0.460 e. The summed E-state index contributed by atoms with van der Waals surface area (Å²) in [6, 6.07) is 5.75. The van der Waals surface area contributed by atoms with E-state index in [1.165, 1.54) is 0 Å². The molecule has 1 saturated heterocycles. The quantitative estimate of drug-likeness (QED) is 0.444. The normalized spacial score (nSPS) is 32.3. The number of benzene rings is 1. The van der Waals surface area contributed by atoms with Crippen LogP contribution in [0.3, 0.4) is 0 Å². The highest BCUT2D eigenvalue weighted by molar-refractivity contribution is 14.1. The maximum absolute atomic E-state index is 9.99. The number of aromatic amines is 1. The van der Waals surface area contributed by atoms with Crippen molar-refractivity contribution in [2.75, 3.05) is 6.61 Å². The van der Waals surface area contributed by atoms with Crippen LogP contribution in [0.2, 0.25) is 0 Å². The van der Waals surface area contributed by atoms with Crippen molar-refractivity contribution >= 4 is 33.5 Å². The summed E-state index contributed by atoms with van der Waals surface area (Å²) in [5.41, 5.74) is 0.861. The number of fused-ring (bicyclic) bond motifs is 1. The molecule has 0 radical (unpaired) electrons. The summed E-state index contributed by atoms with van der Waals surface area (Å²) < 4.78 is 12.0. The molecule has 0 saturated carbocycles. The van der Waals surface area contributed by atoms with Gasteiger partial charge in [0.25, 0.3) is 0 Å². The fourth-order valence-corrected chi connectivity index (χ4v) is 2.95. The van der Waals surface area contributed by atoms with E-state index in [4.69, 9.17) is 9.47 Å². The van der Waals surface area contributed by atoms with Crippen LogP contribution in [0.1, 0.15) is 0 Å². The van der Waals surface area contributed by atoms with E-state index in [2.05, 4.69) is 27.6 Å². The van der Waals surface area contributed by atoms with Crippen molar-refractivity contribution in [2.24, 2.45) is 0 Å². The zero-order valence-corrected chi connectivity index (χ0v) is 13.5. The van der Waals surface area contributed by atoms with Gasteiger partial charge in [-0.3, -0.25) is 0 Å². The van der Waals surface area contributed by atoms with E-state index in [-0.39, 0.29) is 0 Å². The molecule has 1 fully saturated rings. The van der Waals surface area contributed by atoms with Gasteiger partial charge in [0.1, 0.15) is 30.2 Å². The largest absolute Gasteiger partial charge is 0.460 e. The number of hydrogen-bond acceptors (Lipinski definition) is 6. The first-order chi connectivity index (χ1) is 10.5. The molecular weight excluding hydrogens is 405 g/mol. The maximum atomic E-state index is 9.99. The Kier molecular flexibility index (Phi) is 4.57. The highest BCUT2D eigenvalue weighted by Gasteiger charge is 2.44. The second-order valence-electron chi connectivity index (χ2n) is 5.16. The van der Waals surface area contributed by atoms with Crippen molar-refractivity contribution in [1.29, 1.82) is 0 Å². The van der Waals surface area contributed by atoms with Crippen LogP contribution in [0.25, 0.3) is 10.9 Å². The molecule has 3 rings (SSSR count). The molecule has 0 spiro atoms. The highest BCUT2D eigenvalue weighted by Crippen LogP contribution is 2.30. The summed E-state index contributed by atoms with van der Waals surface area (Å²) in [6.07, 6.45) is -4.83. The fraction of sp³-hybridized carbons (Fsp3) is 0.429. The van der Waals surface area contributed by atoms with E-state index in [1.54, 1.807) is 6.20 Å². The lowest BCUT2D eigenvalue weighted by atomic mass is 9.99. The van der Waals surface area contributed by atoms with Crippen molar-refractivity contribution in [2.45, 2.75) is 30.7 Å². The smallest absolute Gasteiger partial charge is 0.229 e. The Labute approximate surface area is 139 Å². The molecular formula is C14H16INO6. The second-order valence-corrected chi connectivity index (χ2v) is 6.40. The maximum Gasteiger partial charge on any atom is 0.229 e. The SMILES string of the molecule is OCC1O[C@@H](Oc2c[nH]c3ccc(I)cc23)C(O)C(O)[C@H]1O. The third-order valence-corrected chi connectivity index (χ3v) is 4.37. The number of aromatic nitrogens is 1. The standard InChI is InChI=1S/C14H16INO6/c15-6-1-2-8-7(3-6)9(4-16-8)21-14-13(20)12(19)11(18)10(5-17)22-14/h1-4,10-14,16-20H,5H2/t10?,11-,12?,13?,14+/m0/s1. The summed E-state index contributed by atoms with van der Waals surface area (Å²) in [5.74, 6) is 0.456. The van der Waals surface area contributed by atoms with Gasteiger partial charge in [-0.05, 0) is 40.8 Å². The molecule has 0 aliphatic carbocycles. The van der Waals surface area contributed by atoms with Crippen molar-refractivity contribution in [1.82, 2.24) is 4.98 Å². The van der Waals surface area contributed by atoms with Crippen molar-refractivity contribution in [3.63, 3.8) is 0 Å². The average molecular weight is 421 g/mol. The number of hydrogen-bond donors (Lipinski definition) is 5. The van der Waals surface area contributed by atoms with Gasteiger partial charge in [0, 0.05) is 20.7 Å². The highest BCUT2D eigenvalue weighted by atomic mass is 127. The molecule has 0 amide bonds. The molecule has 7 nitrogen and oxygen atoms in total. The van der Waals surface area contributed by atoms with Crippen LogP contribution in [0.5, 0.6) is 5.75 Å². The third-order valence-electron chi connectivity index (χ3n) is 3.70. The van der Waals surface area contributed by atoms with Gasteiger partial charge in [0.15, 0.2) is 0 Å². The van der Waals surface area contributed by atoms with Crippen LogP contribution in [0, 0.1) is 3.57 Å². The predicted octanol–water partition coefficient (Wildman–Crippen LogP) is -0.0488. The summed E-state index contributed by atoms with van der Waals surface area (Å²) in [6.45, 7) is -0.489. The zero-order chi connectivity index (χ0) is 15.9. The molecule has 1 aromatic carbocycles. The van der Waals surface area contributed by atoms with E-state index in [1.807, 2.05) is 18.2 Å². The molecule has 1 aliphatic heterocycles. The van der Waals surface area contributed by atoms with Crippen LogP contribution < -0.4 is 4.74 Å². The van der Waals surface area contributed by atoms with Crippen LogP contribution in [-0.2, 0) is 4.74 Å². The molecule has 2 aromatic rings. The molecule has 1 aromatic heterocycles. The van der Waals surface area contributed by atoms with E-state index in [0.717, 1.165) is 14.5 Å². The van der Waals surface area contributed by atoms with Crippen LogP contribution in [-0.4, -0.2) is 62.7 Å². The first-order valence-electron chi connectivity index (χ1n) is 6.75.